The summed E-state index contributed by atoms with van der Waals surface area (Å²) < 4.78 is 45.5. The van der Waals surface area contributed by atoms with E-state index in [1.54, 1.807) is 49.0 Å². The van der Waals surface area contributed by atoms with E-state index in [2.05, 4.69) is 15.1 Å². The summed E-state index contributed by atoms with van der Waals surface area (Å²) in [4.78, 5) is 21.7. The molecule has 1 aromatic carbocycles. The summed E-state index contributed by atoms with van der Waals surface area (Å²) in [5, 5.41) is 4.50. The predicted molar refractivity (Wildman–Crippen MR) is 154 cm³/mol. The van der Waals surface area contributed by atoms with Crippen molar-refractivity contribution in [2.45, 2.75) is 37.0 Å². The van der Waals surface area contributed by atoms with E-state index in [0.29, 0.717) is 22.1 Å². The number of fused-ring (bicyclic) bond motifs is 1. The first-order valence-corrected chi connectivity index (χ1v) is 14.5. The number of aryl methyl sites for hydroxylation is 1. The van der Waals surface area contributed by atoms with Crippen LogP contribution in [-0.4, -0.2) is 35.3 Å². The number of pyridine rings is 1. The van der Waals surface area contributed by atoms with Crippen LogP contribution in [0.15, 0.2) is 75.5 Å². The van der Waals surface area contributed by atoms with Crippen molar-refractivity contribution in [3.05, 3.63) is 110 Å². The van der Waals surface area contributed by atoms with Crippen LogP contribution >= 0.6 is 23.2 Å². The maximum Gasteiger partial charge on any atom is 0.273 e. The van der Waals surface area contributed by atoms with Crippen LogP contribution in [0.25, 0.3) is 11.8 Å². The molecule has 1 aliphatic carbocycles. The molecular weight excluding hydrogens is 579 g/mol. The first-order chi connectivity index (χ1) is 19.1. The third-order valence-corrected chi connectivity index (χ3v) is 8.20. The van der Waals surface area contributed by atoms with Crippen molar-refractivity contribution in [2.24, 2.45) is 4.99 Å². The lowest BCUT2D eigenvalue weighted by Crippen LogP contribution is -2.21. The van der Waals surface area contributed by atoms with Gasteiger partial charge in [0.15, 0.2) is 11.5 Å². The van der Waals surface area contributed by atoms with Crippen LogP contribution in [0.4, 0.5) is 8.78 Å². The van der Waals surface area contributed by atoms with Gasteiger partial charge in [-0.25, -0.2) is 18.3 Å². The third kappa shape index (κ3) is 5.18. The molecule has 0 saturated heterocycles. The Morgan fingerprint density at radius 1 is 1.23 bits per heavy atom. The Morgan fingerprint density at radius 2 is 1.98 bits per heavy atom. The number of rotatable bonds is 7. The smallest absolute Gasteiger partial charge is 0.273 e. The number of hydrogen-bond donors (Lipinski definition) is 0. The van der Waals surface area contributed by atoms with E-state index >= 15 is 8.78 Å². The highest BCUT2D eigenvalue weighted by molar-refractivity contribution is 7.84. The monoisotopic (exact) mass is 601 g/mol. The fraction of sp³-hybridized carbons (Fsp3) is 0.214. The van der Waals surface area contributed by atoms with Crippen LogP contribution < -0.4 is 5.56 Å². The Balaban J connectivity index is 1.53. The molecule has 1 aliphatic rings. The van der Waals surface area contributed by atoms with Gasteiger partial charge in [0.25, 0.3) is 5.56 Å². The maximum absolute atomic E-state index is 15.7. The van der Waals surface area contributed by atoms with E-state index in [9.17, 15) is 9.00 Å². The third-order valence-electron chi connectivity index (χ3n) is 6.70. The molecular formula is C28H23Cl2F2N5O2S. The SMILES string of the molecule is C/C=C/N=C(/C(F)=C/n1c(C)cc(C2CC2c2cc(Cl)nn3ccnc23)c(Cl)c1=O)c1cccc(S(C)=O)c1F. The quantitative estimate of drug-likeness (QED) is 0.228. The normalized spacial score (nSPS) is 18.6. The summed E-state index contributed by atoms with van der Waals surface area (Å²) in [5.74, 6) is -1.85. The molecule has 0 aliphatic heterocycles. The fourth-order valence-corrected chi connectivity index (χ4v) is 5.86. The minimum Gasteiger partial charge on any atom is -0.284 e. The van der Waals surface area contributed by atoms with Crippen molar-refractivity contribution in [2.75, 3.05) is 6.26 Å². The molecule has 0 N–H and O–H groups in total. The van der Waals surface area contributed by atoms with Gasteiger partial charge in [-0.3, -0.25) is 18.6 Å². The van der Waals surface area contributed by atoms with Gasteiger partial charge in [0.1, 0.15) is 21.7 Å². The van der Waals surface area contributed by atoms with Crippen LogP contribution in [0.5, 0.6) is 0 Å². The number of imidazole rings is 1. The second kappa shape index (κ2) is 11.2. The number of halogens is 4. The number of aromatic nitrogens is 4. The summed E-state index contributed by atoms with van der Waals surface area (Å²) in [5.41, 5.74) is 1.50. The van der Waals surface area contributed by atoms with Crippen molar-refractivity contribution < 1.29 is 13.0 Å². The van der Waals surface area contributed by atoms with Gasteiger partial charge in [-0.05, 0) is 61.9 Å². The average molecular weight is 602 g/mol. The number of nitrogens with zero attached hydrogens (tertiary/aromatic N) is 5. The largest absolute Gasteiger partial charge is 0.284 e. The molecule has 1 fully saturated rings. The van der Waals surface area contributed by atoms with Gasteiger partial charge in [-0.2, -0.15) is 5.10 Å². The summed E-state index contributed by atoms with van der Waals surface area (Å²) in [7, 11) is -1.64. The standard InChI is InChI=1S/C28H23Cl2F2N5O2S/c1-4-8-33-26(16-6-5-7-22(25(16)32)40(3)39)21(31)14-36-15(2)11-19(24(30)28(36)38)17-12-18(17)20-13-23(29)35-37-10-9-34-27(20)37/h4-11,13-14,17-18H,12H2,1-3H3/b8-4+,21-14-,33-26+. The maximum atomic E-state index is 15.7. The molecule has 0 spiro atoms. The molecule has 3 aromatic heterocycles. The Morgan fingerprint density at radius 3 is 2.70 bits per heavy atom. The molecule has 206 valence electrons. The van der Waals surface area contributed by atoms with Crippen LogP contribution in [0.2, 0.25) is 10.2 Å². The second-order valence-electron chi connectivity index (χ2n) is 9.31. The van der Waals surface area contributed by atoms with Crippen molar-refractivity contribution in [3.63, 3.8) is 0 Å². The highest BCUT2D eigenvalue weighted by atomic mass is 35.5. The lowest BCUT2D eigenvalue weighted by molar-refractivity contribution is 0.591. The van der Waals surface area contributed by atoms with E-state index in [1.165, 1.54) is 30.7 Å². The number of aliphatic imine (C=N–C) groups is 1. The van der Waals surface area contributed by atoms with Crippen molar-refractivity contribution in [3.8, 4) is 0 Å². The summed E-state index contributed by atoms with van der Waals surface area (Å²) in [6.45, 7) is 3.33. The van der Waals surface area contributed by atoms with E-state index < -0.39 is 28.0 Å². The molecule has 0 bridgehead atoms. The Kier molecular flexibility index (Phi) is 7.85. The molecule has 0 radical (unpaired) electrons. The molecule has 3 heterocycles. The number of benzene rings is 1. The number of allylic oxidation sites excluding steroid dienone is 2. The highest BCUT2D eigenvalue weighted by Gasteiger charge is 2.43. The molecule has 12 heteroatoms. The first-order valence-electron chi connectivity index (χ1n) is 12.2. The zero-order chi connectivity index (χ0) is 28.7. The van der Waals surface area contributed by atoms with Crippen LogP contribution in [0.3, 0.4) is 0 Å². The Labute approximate surface area is 240 Å². The van der Waals surface area contributed by atoms with Crippen molar-refractivity contribution >= 4 is 51.6 Å². The second-order valence-corrected chi connectivity index (χ2v) is 11.4. The topological polar surface area (TPSA) is 81.6 Å². The van der Waals surface area contributed by atoms with Crippen LogP contribution in [-0.2, 0) is 10.8 Å². The van der Waals surface area contributed by atoms with Gasteiger partial charge in [0.2, 0.25) is 0 Å². The summed E-state index contributed by atoms with van der Waals surface area (Å²) in [6, 6.07) is 7.68. The molecule has 4 aromatic rings. The Hall–Kier alpha value is -3.47. The number of hydrogen-bond acceptors (Lipinski definition) is 5. The van der Waals surface area contributed by atoms with E-state index in [1.807, 2.05) is 0 Å². The van der Waals surface area contributed by atoms with Crippen molar-refractivity contribution in [1.29, 1.82) is 0 Å². The first kappa shape index (κ1) is 28.1. The lowest BCUT2D eigenvalue weighted by Gasteiger charge is -2.12. The van der Waals surface area contributed by atoms with Crippen LogP contribution in [0.1, 0.15) is 47.6 Å². The fourth-order valence-electron chi connectivity index (χ4n) is 4.74. The van der Waals surface area contributed by atoms with Gasteiger partial charge < -0.3 is 0 Å². The lowest BCUT2D eigenvalue weighted by atomic mass is 10.1. The van der Waals surface area contributed by atoms with Gasteiger partial charge in [0, 0.05) is 41.7 Å². The van der Waals surface area contributed by atoms with Crippen molar-refractivity contribution in [1.82, 2.24) is 19.2 Å². The molecule has 40 heavy (non-hydrogen) atoms. The molecule has 0 amide bonds. The van der Waals surface area contributed by atoms with Gasteiger partial charge in [-0.15, -0.1) is 0 Å². The zero-order valence-electron chi connectivity index (χ0n) is 21.6. The van der Waals surface area contributed by atoms with E-state index in [-0.39, 0.29) is 33.0 Å². The minimum atomic E-state index is -1.64. The molecule has 3 atom stereocenters. The van der Waals surface area contributed by atoms with Crippen LogP contribution in [0, 0.1) is 12.7 Å². The highest BCUT2D eigenvalue weighted by Crippen LogP contribution is 2.56. The van der Waals surface area contributed by atoms with E-state index in [4.69, 9.17) is 23.2 Å². The predicted octanol–water partition coefficient (Wildman–Crippen LogP) is 6.44. The van der Waals surface area contributed by atoms with Gasteiger partial charge in [-0.1, -0.05) is 35.3 Å². The summed E-state index contributed by atoms with van der Waals surface area (Å²) >= 11 is 12.8. The Bertz CT molecular complexity index is 1830. The molecule has 5 rings (SSSR count). The van der Waals surface area contributed by atoms with Gasteiger partial charge in [0.05, 0.1) is 21.9 Å². The average Bonchev–Trinajstić information content (AvgIpc) is 3.57. The van der Waals surface area contributed by atoms with E-state index in [0.717, 1.165) is 22.8 Å². The minimum absolute atomic E-state index is 0.0313. The molecule has 3 unspecified atom stereocenters. The molecule has 1 saturated carbocycles. The summed E-state index contributed by atoms with van der Waals surface area (Å²) in [6.07, 6.45) is 9.19. The zero-order valence-corrected chi connectivity index (χ0v) is 23.9. The van der Waals surface area contributed by atoms with Gasteiger partial charge >= 0.3 is 0 Å². The molecule has 7 nitrogen and oxygen atoms in total.